The highest BCUT2D eigenvalue weighted by Gasteiger charge is 2.07. The standard InChI is InChI=1S/C16H13BrO3/c1-20-16-9-7-12(10-15(16)19)14(18)8-6-11-4-2-3-5-13(11)17/h2-10,19H,1H3/b8-6+. The van der Waals surface area contributed by atoms with Gasteiger partial charge in [0.2, 0.25) is 0 Å². The smallest absolute Gasteiger partial charge is 0.185 e. The quantitative estimate of drug-likeness (QED) is 0.678. The van der Waals surface area contributed by atoms with Gasteiger partial charge in [-0.2, -0.15) is 0 Å². The van der Waals surface area contributed by atoms with E-state index in [0.717, 1.165) is 10.0 Å². The van der Waals surface area contributed by atoms with E-state index in [9.17, 15) is 9.90 Å². The Bertz CT molecular complexity index is 663. The van der Waals surface area contributed by atoms with Crippen LogP contribution in [0.1, 0.15) is 15.9 Å². The van der Waals surface area contributed by atoms with Gasteiger partial charge in [-0.05, 0) is 42.0 Å². The molecule has 0 fully saturated rings. The minimum absolute atomic E-state index is 0.0485. The molecule has 4 heteroatoms. The zero-order valence-corrected chi connectivity index (χ0v) is 12.4. The molecule has 0 saturated heterocycles. The second kappa shape index (κ2) is 6.39. The minimum atomic E-state index is -0.182. The van der Waals surface area contributed by atoms with Gasteiger partial charge in [-0.1, -0.05) is 34.1 Å². The average Bonchev–Trinajstić information content (AvgIpc) is 2.46. The number of carbonyl (C=O) groups excluding carboxylic acids is 1. The first-order valence-corrected chi connectivity index (χ1v) is 6.75. The van der Waals surface area contributed by atoms with Crippen molar-refractivity contribution in [2.45, 2.75) is 0 Å². The van der Waals surface area contributed by atoms with Crippen molar-refractivity contribution in [2.24, 2.45) is 0 Å². The fourth-order valence-electron chi connectivity index (χ4n) is 1.72. The molecular weight excluding hydrogens is 320 g/mol. The zero-order valence-electron chi connectivity index (χ0n) is 10.8. The summed E-state index contributed by atoms with van der Waals surface area (Å²) in [5.74, 6) is 0.114. The SMILES string of the molecule is COc1ccc(C(=O)/C=C/c2ccccc2Br)cc1O. The van der Waals surface area contributed by atoms with E-state index in [4.69, 9.17) is 4.74 Å². The van der Waals surface area contributed by atoms with Crippen LogP contribution in [0.15, 0.2) is 53.0 Å². The summed E-state index contributed by atoms with van der Waals surface area (Å²) in [6.45, 7) is 0. The number of carbonyl (C=O) groups is 1. The molecule has 20 heavy (non-hydrogen) atoms. The lowest BCUT2D eigenvalue weighted by molar-refractivity contribution is 0.104. The van der Waals surface area contributed by atoms with E-state index >= 15 is 0 Å². The molecule has 0 saturated carbocycles. The molecular formula is C16H13BrO3. The second-order valence-electron chi connectivity index (χ2n) is 4.11. The Morgan fingerprint density at radius 2 is 2.00 bits per heavy atom. The Kier molecular flexibility index (Phi) is 4.58. The number of methoxy groups -OCH3 is 1. The van der Waals surface area contributed by atoms with Gasteiger partial charge in [0, 0.05) is 10.0 Å². The maximum absolute atomic E-state index is 12.0. The Hall–Kier alpha value is -2.07. The maximum Gasteiger partial charge on any atom is 0.185 e. The van der Waals surface area contributed by atoms with Gasteiger partial charge >= 0.3 is 0 Å². The summed E-state index contributed by atoms with van der Waals surface area (Å²) in [5.41, 5.74) is 1.32. The first-order valence-electron chi connectivity index (χ1n) is 5.96. The first-order chi connectivity index (χ1) is 9.61. The Labute approximate surface area is 125 Å². The van der Waals surface area contributed by atoms with Crippen molar-refractivity contribution < 1.29 is 14.6 Å². The summed E-state index contributed by atoms with van der Waals surface area (Å²) >= 11 is 3.41. The second-order valence-corrected chi connectivity index (χ2v) is 4.96. The van der Waals surface area contributed by atoms with Crippen molar-refractivity contribution in [3.63, 3.8) is 0 Å². The van der Waals surface area contributed by atoms with E-state index < -0.39 is 0 Å². The van der Waals surface area contributed by atoms with Gasteiger partial charge in [0.1, 0.15) is 0 Å². The van der Waals surface area contributed by atoms with Crippen LogP contribution >= 0.6 is 15.9 Å². The highest BCUT2D eigenvalue weighted by molar-refractivity contribution is 9.10. The number of hydrogen-bond acceptors (Lipinski definition) is 3. The van der Waals surface area contributed by atoms with Gasteiger partial charge in [-0.15, -0.1) is 0 Å². The number of halogens is 1. The van der Waals surface area contributed by atoms with Crippen molar-refractivity contribution in [2.75, 3.05) is 7.11 Å². The van der Waals surface area contributed by atoms with Crippen LogP contribution in [0.5, 0.6) is 11.5 Å². The molecule has 1 N–H and O–H groups in total. The molecule has 2 aromatic rings. The van der Waals surface area contributed by atoms with Crippen molar-refractivity contribution >= 4 is 27.8 Å². The third-order valence-corrected chi connectivity index (χ3v) is 3.51. The monoisotopic (exact) mass is 332 g/mol. The molecule has 0 aliphatic heterocycles. The molecule has 0 aliphatic rings. The van der Waals surface area contributed by atoms with Crippen LogP contribution in [-0.4, -0.2) is 18.0 Å². The fourth-order valence-corrected chi connectivity index (χ4v) is 2.13. The van der Waals surface area contributed by atoms with Gasteiger partial charge in [0.05, 0.1) is 7.11 Å². The van der Waals surface area contributed by atoms with Crippen LogP contribution in [0.2, 0.25) is 0 Å². The van der Waals surface area contributed by atoms with Crippen molar-refractivity contribution in [1.29, 1.82) is 0 Å². The maximum atomic E-state index is 12.0. The Balaban J connectivity index is 2.20. The predicted octanol–water partition coefficient (Wildman–Crippen LogP) is 4.06. The lowest BCUT2D eigenvalue weighted by atomic mass is 10.1. The molecule has 2 rings (SSSR count). The Morgan fingerprint density at radius 3 is 2.65 bits per heavy atom. The molecule has 0 radical (unpaired) electrons. The molecule has 0 bridgehead atoms. The molecule has 2 aromatic carbocycles. The van der Waals surface area contributed by atoms with Gasteiger partial charge in [0.15, 0.2) is 17.3 Å². The van der Waals surface area contributed by atoms with E-state index in [2.05, 4.69) is 15.9 Å². The summed E-state index contributed by atoms with van der Waals surface area (Å²) in [4.78, 5) is 12.0. The number of aromatic hydroxyl groups is 1. The summed E-state index contributed by atoms with van der Waals surface area (Å²) in [6.07, 6.45) is 3.20. The largest absolute Gasteiger partial charge is 0.504 e. The van der Waals surface area contributed by atoms with Crippen LogP contribution in [-0.2, 0) is 0 Å². The molecule has 0 aliphatic carbocycles. The molecule has 0 spiro atoms. The van der Waals surface area contributed by atoms with Crippen LogP contribution in [0.4, 0.5) is 0 Å². The number of allylic oxidation sites excluding steroid dienone is 1. The highest BCUT2D eigenvalue weighted by Crippen LogP contribution is 2.26. The van der Waals surface area contributed by atoms with E-state index in [1.165, 1.54) is 19.3 Å². The lowest BCUT2D eigenvalue weighted by Crippen LogP contribution is -1.94. The van der Waals surface area contributed by atoms with Crippen LogP contribution in [0, 0.1) is 0 Å². The summed E-state index contributed by atoms with van der Waals surface area (Å²) < 4.78 is 5.86. The number of benzene rings is 2. The number of phenolic OH excluding ortho intramolecular Hbond substituents is 1. The van der Waals surface area contributed by atoms with Crippen molar-refractivity contribution in [3.05, 3.63) is 64.1 Å². The highest BCUT2D eigenvalue weighted by atomic mass is 79.9. The van der Waals surface area contributed by atoms with Crippen molar-refractivity contribution in [3.8, 4) is 11.5 Å². The molecule has 102 valence electrons. The molecule has 0 atom stereocenters. The number of phenols is 1. The summed E-state index contributed by atoms with van der Waals surface area (Å²) in [7, 11) is 1.46. The van der Waals surface area contributed by atoms with E-state index in [1.54, 1.807) is 18.2 Å². The topological polar surface area (TPSA) is 46.5 Å². The van der Waals surface area contributed by atoms with Gasteiger partial charge in [-0.25, -0.2) is 0 Å². The van der Waals surface area contributed by atoms with Gasteiger partial charge in [-0.3, -0.25) is 4.79 Å². The van der Waals surface area contributed by atoms with Crippen LogP contribution in [0.25, 0.3) is 6.08 Å². The van der Waals surface area contributed by atoms with E-state index in [1.807, 2.05) is 24.3 Å². The normalized spacial score (nSPS) is 10.7. The number of ether oxygens (including phenoxy) is 1. The van der Waals surface area contributed by atoms with Crippen molar-refractivity contribution in [1.82, 2.24) is 0 Å². The van der Waals surface area contributed by atoms with Gasteiger partial charge in [0.25, 0.3) is 0 Å². The van der Waals surface area contributed by atoms with Crippen LogP contribution in [0.3, 0.4) is 0 Å². The molecule has 0 amide bonds. The number of hydrogen-bond donors (Lipinski definition) is 1. The predicted molar refractivity (Wildman–Crippen MR) is 82.2 cm³/mol. The lowest BCUT2D eigenvalue weighted by Gasteiger charge is -2.04. The third kappa shape index (κ3) is 3.27. The molecule has 0 unspecified atom stereocenters. The summed E-state index contributed by atoms with van der Waals surface area (Å²) in [5, 5.41) is 9.66. The Morgan fingerprint density at radius 1 is 1.25 bits per heavy atom. The number of ketones is 1. The van der Waals surface area contributed by atoms with Gasteiger partial charge < -0.3 is 9.84 Å². The first kappa shape index (κ1) is 14.3. The third-order valence-electron chi connectivity index (χ3n) is 2.78. The number of rotatable bonds is 4. The molecule has 0 heterocycles. The minimum Gasteiger partial charge on any atom is -0.504 e. The average molecular weight is 333 g/mol. The molecule has 0 aromatic heterocycles. The van der Waals surface area contributed by atoms with Crippen LogP contribution < -0.4 is 4.74 Å². The van der Waals surface area contributed by atoms with E-state index in [0.29, 0.717) is 11.3 Å². The van der Waals surface area contributed by atoms with E-state index in [-0.39, 0.29) is 11.5 Å². The summed E-state index contributed by atoms with van der Waals surface area (Å²) in [6, 6.07) is 12.2. The molecule has 3 nitrogen and oxygen atoms in total. The zero-order chi connectivity index (χ0) is 14.5. The fraction of sp³-hybridized carbons (Fsp3) is 0.0625.